The van der Waals surface area contributed by atoms with E-state index in [2.05, 4.69) is 0 Å². The van der Waals surface area contributed by atoms with Crippen molar-refractivity contribution in [3.63, 3.8) is 0 Å². The molecule has 0 aliphatic rings. The normalized spacial score (nSPS) is 11.0. The van der Waals surface area contributed by atoms with Crippen LogP contribution in [0.1, 0.15) is 26.7 Å². The number of aldehydes is 1. The molecule has 3 nitrogen and oxygen atoms in total. The van der Waals surface area contributed by atoms with E-state index in [-0.39, 0.29) is 5.57 Å². The third-order valence-corrected chi connectivity index (χ3v) is 1.40. The van der Waals surface area contributed by atoms with Crippen LogP contribution in [-0.2, 0) is 14.3 Å². The molecular formula is C9H14O3. The summed E-state index contributed by atoms with van der Waals surface area (Å²) in [7, 11) is 0. The van der Waals surface area contributed by atoms with Gasteiger partial charge >= 0.3 is 5.97 Å². The first-order valence-corrected chi connectivity index (χ1v) is 4.04. The highest BCUT2D eigenvalue weighted by Gasteiger charge is 2.07. The smallest absolute Gasteiger partial charge is 0.341 e. The first-order valence-electron chi connectivity index (χ1n) is 4.04. The predicted molar refractivity (Wildman–Crippen MR) is 45.7 cm³/mol. The highest BCUT2D eigenvalue weighted by molar-refractivity contribution is 6.07. The Labute approximate surface area is 72.4 Å². The molecule has 0 bridgehead atoms. The van der Waals surface area contributed by atoms with Crippen LogP contribution in [0.4, 0.5) is 0 Å². The van der Waals surface area contributed by atoms with Gasteiger partial charge in [0.1, 0.15) is 0 Å². The summed E-state index contributed by atoms with van der Waals surface area (Å²) in [5.74, 6) is -0.527. The zero-order valence-corrected chi connectivity index (χ0v) is 7.50. The molecule has 0 heterocycles. The average Bonchev–Trinajstić information content (AvgIpc) is 2.07. The molecule has 0 saturated heterocycles. The molecule has 0 spiro atoms. The molecule has 0 aromatic carbocycles. The molecule has 0 N–H and O–H groups in total. The quantitative estimate of drug-likeness (QED) is 0.157. The maximum Gasteiger partial charge on any atom is 0.341 e. The molecule has 0 aromatic heterocycles. The zero-order chi connectivity index (χ0) is 9.40. The molecule has 0 rings (SSSR count). The van der Waals surface area contributed by atoms with E-state index in [9.17, 15) is 9.59 Å². The molecule has 0 aromatic rings. The molecule has 0 aliphatic carbocycles. The van der Waals surface area contributed by atoms with Crippen LogP contribution in [0.5, 0.6) is 0 Å². The van der Waals surface area contributed by atoms with Gasteiger partial charge in [-0.05, 0) is 13.3 Å². The van der Waals surface area contributed by atoms with E-state index in [0.29, 0.717) is 12.9 Å². The van der Waals surface area contributed by atoms with Crippen molar-refractivity contribution in [2.24, 2.45) is 0 Å². The Bertz CT molecular complexity index is 182. The number of rotatable bonds is 5. The SMILES string of the molecule is C/C=C(\C=O)C(=O)OCCCC. The van der Waals surface area contributed by atoms with Gasteiger partial charge < -0.3 is 4.74 Å². The van der Waals surface area contributed by atoms with Crippen LogP contribution in [0.25, 0.3) is 0 Å². The second kappa shape index (κ2) is 6.58. The first kappa shape index (κ1) is 10.9. The molecule has 3 heteroatoms. The Morgan fingerprint density at radius 2 is 2.17 bits per heavy atom. The van der Waals surface area contributed by atoms with Gasteiger partial charge in [0, 0.05) is 0 Å². The molecule has 0 saturated carbocycles. The maximum absolute atomic E-state index is 11.0. The molecule has 0 radical (unpaired) electrons. The van der Waals surface area contributed by atoms with Gasteiger partial charge in [0.15, 0.2) is 6.29 Å². The fraction of sp³-hybridized carbons (Fsp3) is 0.556. The number of hydrogen-bond donors (Lipinski definition) is 0. The molecule has 0 unspecified atom stereocenters. The van der Waals surface area contributed by atoms with Gasteiger partial charge in [0.05, 0.1) is 12.2 Å². The summed E-state index contributed by atoms with van der Waals surface area (Å²) in [6, 6.07) is 0. The maximum atomic E-state index is 11.0. The molecule has 12 heavy (non-hydrogen) atoms. The van der Waals surface area contributed by atoms with E-state index in [1.807, 2.05) is 6.92 Å². The summed E-state index contributed by atoms with van der Waals surface area (Å²) < 4.78 is 4.79. The minimum absolute atomic E-state index is 0.0890. The third kappa shape index (κ3) is 3.91. The monoisotopic (exact) mass is 170 g/mol. The summed E-state index contributed by atoms with van der Waals surface area (Å²) in [5.41, 5.74) is 0.0890. The lowest BCUT2D eigenvalue weighted by Crippen LogP contribution is -2.09. The second-order valence-electron chi connectivity index (χ2n) is 2.35. The number of carbonyl (C=O) groups is 2. The Morgan fingerprint density at radius 1 is 1.50 bits per heavy atom. The third-order valence-electron chi connectivity index (χ3n) is 1.40. The van der Waals surface area contributed by atoms with Gasteiger partial charge in [0.2, 0.25) is 0 Å². The summed E-state index contributed by atoms with van der Waals surface area (Å²) >= 11 is 0. The van der Waals surface area contributed by atoms with Crippen molar-refractivity contribution in [3.8, 4) is 0 Å². The Morgan fingerprint density at radius 3 is 2.58 bits per heavy atom. The van der Waals surface area contributed by atoms with E-state index in [1.54, 1.807) is 6.92 Å². The summed E-state index contributed by atoms with van der Waals surface area (Å²) in [6.07, 6.45) is 3.76. The van der Waals surface area contributed by atoms with Crippen LogP contribution in [-0.4, -0.2) is 18.9 Å². The van der Waals surface area contributed by atoms with Crippen LogP contribution in [0, 0.1) is 0 Å². The van der Waals surface area contributed by atoms with Gasteiger partial charge in [-0.15, -0.1) is 0 Å². The number of unbranched alkanes of at least 4 members (excludes halogenated alkanes) is 1. The standard InChI is InChI=1S/C9H14O3/c1-3-5-6-12-9(11)8(4-2)7-10/h4,7H,3,5-6H2,1-2H3/b8-4+. The molecule has 0 atom stereocenters. The number of hydrogen-bond acceptors (Lipinski definition) is 3. The van der Waals surface area contributed by atoms with Gasteiger partial charge in [0.25, 0.3) is 0 Å². The first-order chi connectivity index (χ1) is 5.76. The van der Waals surface area contributed by atoms with Gasteiger partial charge in [-0.2, -0.15) is 0 Å². The van der Waals surface area contributed by atoms with E-state index in [0.717, 1.165) is 12.8 Å². The van der Waals surface area contributed by atoms with Crippen molar-refractivity contribution < 1.29 is 14.3 Å². The van der Waals surface area contributed by atoms with Crippen molar-refractivity contribution in [1.29, 1.82) is 0 Å². The van der Waals surface area contributed by atoms with Crippen LogP contribution in [0.2, 0.25) is 0 Å². The minimum atomic E-state index is -0.527. The minimum Gasteiger partial charge on any atom is -0.462 e. The van der Waals surface area contributed by atoms with Crippen molar-refractivity contribution >= 4 is 12.3 Å². The highest BCUT2D eigenvalue weighted by Crippen LogP contribution is 1.96. The Balaban J connectivity index is 3.78. The fourth-order valence-electron chi connectivity index (χ4n) is 0.627. The van der Waals surface area contributed by atoms with E-state index in [1.165, 1.54) is 6.08 Å². The van der Waals surface area contributed by atoms with Crippen LogP contribution >= 0.6 is 0 Å². The van der Waals surface area contributed by atoms with E-state index < -0.39 is 5.97 Å². The number of carbonyl (C=O) groups excluding carboxylic acids is 2. The van der Waals surface area contributed by atoms with Crippen LogP contribution in [0.15, 0.2) is 11.6 Å². The molecule has 0 aliphatic heterocycles. The Kier molecular flexibility index (Phi) is 5.97. The van der Waals surface area contributed by atoms with Gasteiger partial charge in [-0.1, -0.05) is 19.4 Å². The van der Waals surface area contributed by atoms with Gasteiger partial charge in [-0.25, -0.2) is 4.79 Å². The largest absolute Gasteiger partial charge is 0.462 e. The highest BCUT2D eigenvalue weighted by atomic mass is 16.5. The lowest BCUT2D eigenvalue weighted by molar-refractivity contribution is -0.139. The molecular weight excluding hydrogens is 156 g/mol. The van der Waals surface area contributed by atoms with Crippen molar-refractivity contribution in [2.45, 2.75) is 26.7 Å². The van der Waals surface area contributed by atoms with Crippen molar-refractivity contribution in [3.05, 3.63) is 11.6 Å². The van der Waals surface area contributed by atoms with Crippen LogP contribution in [0.3, 0.4) is 0 Å². The topological polar surface area (TPSA) is 43.4 Å². The molecule has 0 fully saturated rings. The molecule has 68 valence electrons. The summed E-state index contributed by atoms with van der Waals surface area (Å²) in [5, 5.41) is 0. The number of allylic oxidation sites excluding steroid dienone is 1. The van der Waals surface area contributed by atoms with Gasteiger partial charge in [-0.3, -0.25) is 4.79 Å². The van der Waals surface area contributed by atoms with Crippen molar-refractivity contribution in [1.82, 2.24) is 0 Å². The lowest BCUT2D eigenvalue weighted by atomic mass is 10.3. The number of esters is 1. The van der Waals surface area contributed by atoms with E-state index >= 15 is 0 Å². The van der Waals surface area contributed by atoms with Crippen LogP contribution < -0.4 is 0 Å². The number of ether oxygens (including phenoxy) is 1. The zero-order valence-electron chi connectivity index (χ0n) is 7.50. The van der Waals surface area contributed by atoms with E-state index in [4.69, 9.17) is 4.74 Å². The van der Waals surface area contributed by atoms with Crippen molar-refractivity contribution in [2.75, 3.05) is 6.61 Å². The Hall–Kier alpha value is -1.12. The predicted octanol–water partition coefficient (Wildman–Crippen LogP) is 1.47. The molecule has 0 amide bonds. The summed E-state index contributed by atoms with van der Waals surface area (Å²) in [6.45, 7) is 4.02. The fourth-order valence-corrected chi connectivity index (χ4v) is 0.627. The summed E-state index contributed by atoms with van der Waals surface area (Å²) in [4.78, 5) is 21.2. The second-order valence-corrected chi connectivity index (χ2v) is 2.35. The average molecular weight is 170 g/mol. The lowest BCUT2D eigenvalue weighted by Gasteiger charge is -2.01.